The van der Waals surface area contributed by atoms with Crippen LogP contribution in [0.5, 0.6) is 0 Å². The fourth-order valence-electron chi connectivity index (χ4n) is 4.37. The van der Waals surface area contributed by atoms with E-state index in [0.29, 0.717) is 18.6 Å². The molecule has 3 fully saturated rings. The molecule has 0 aliphatic carbocycles. The van der Waals surface area contributed by atoms with Gasteiger partial charge in [0, 0.05) is 16.8 Å². The van der Waals surface area contributed by atoms with E-state index in [1.165, 1.54) is 0 Å². The molecule has 0 N–H and O–H groups in total. The zero-order valence-corrected chi connectivity index (χ0v) is 18.6. The van der Waals surface area contributed by atoms with E-state index in [1.807, 2.05) is 32.0 Å². The van der Waals surface area contributed by atoms with Crippen LogP contribution in [0.2, 0.25) is 0 Å². The predicted octanol–water partition coefficient (Wildman–Crippen LogP) is 3.18. The first kappa shape index (κ1) is 21.1. The highest BCUT2D eigenvalue weighted by Crippen LogP contribution is 2.47. The summed E-state index contributed by atoms with van der Waals surface area (Å²) in [6.45, 7) is 4.05. The van der Waals surface area contributed by atoms with E-state index >= 15 is 0 Å². The van der Waals surface area contributed by atoms with E-state index in [1.54, 1.807) is 12.1 Å². The van der Waals surface area contributed by atoms with Gasteiger partial charge in [-0.15, -0.1) is 12.3 Å². The minimum Gasteiger partial charge on any atom is -0.455 e. The average Bonchev–Trinajstić information content (AvgIpc) is 3.05. The van der Waals surface area contributed by atoms with Crippen molar-refractivity contribution in [2.24, 2.45) is 11.8 Å². The van der Waals surface area contributed by atoms with Crippen molar-refractivity contribution in [1.82, 2.24) is 0 Å². The molecule has 7 atom stereocenters. The van der Waals surface area contributed by atoms with Crippen molar-refractivity contribution < 1.29 is 28.5 Å². The number of fused-ring (bicyclic) bond motifs is 2. The number of carbonyl (C=O) groups excluding carboxylic acids is 1. The second-order valence-corrected chi connectivity index (χ2v) is 8.93. The molecule has 29 heavy (non-hydrogen) atoms. The maximum atomic E-state index is 12.9. The van der Waals surface area contributed by atoms with Crippen molar-refractivity contribution in [3.63, 3.8) is 0 Å². The Labute approximate surface area is 184 Å². The summed E-state index contributed by atoms with van der Waals surface area (Å²) in [7, 11) is 0. The Bertz CT molecular complexity index is 775. The molecule has 3 heterocycles. The summed E-state index contributed by atoms with van der Waals surface area (Å²) in [5.74, 6) is 1.47. The molecular formula is C22H25IO6. The number of alkyl halides is 1. The molecule has 7 heteroatoms. The van der Waals surface area contributed by atoms with Gasteiger partial charge in [0.2, 0.25) is 0 Å². The summed E-state index contributed by atoms with van der Waals surface area (Å²) in [4.78, 5) is 12.9. The zero-order chi connectivity index (χ0) is 20.6. The SMILES string of the molecule is C#CC[C@H]1O[C@H]2O[C@@H]3COC(C)(C)O[C@H]3[C@H](OC(=O)c3ccccc3)[C@H]2[C@@H]1CI. The number of esters is 1. The van der Waals surface area contributed by atoms with Gasteiger partial charge in [0.1, 0.15) is 18.3 Å². The van der Waals surface area contributed by atoms with Gasteiger partial charge in [-0.05, 0) is 26.0 Å². The van der Waals surface area contributed by atoms with Crippen LogP contribution in [0.3, 0.4) is 0 Å². The third-order valence-corrected chi connectivity index (χ3v) is 6.76. The maximum absolute atomic E-state index is 12.9. The highest BCUT2D eigenvalue weighted by molar-refractivity contribution is 14.1. The van der Waals surface area contributed by atoms with Gasteiger partial charge in [-0.1, -0.05) is 40.8 Å². The van der Waals surface area contributed by atoms with Gasteiger partial charge in [0.05, 0.1) is 24.2 Å². The van der Waals surface area contributed by atoms with Crippen LogP contribution >= 0.6 is 22.6 Å². The van der Waals surface area contributed by atoms with Crippen molar-refractivity contribution in [2.45, 2.75) is 56.8 Å². The number of halogens is 1. The molecule has 3 aliphatic heterocycles. The number of benzene rings is 1. The normalized spacial score (nSPS) is 37.8. The van der Waals surface area contributed by atoms with Crippen molar-refractivity contribution >= 4 is 28.6 Å². The minimum absolute atomic E-state index is 0.0979. The van der Waals surface area contributed by atoms with Crippen LogP contribution in [0.25, 0.3) is 0 Å². The number of hydrogen-bond donors (Lipinski definition) is 0. The van der Waals surface area contributed by atoms with Gasteiger partial charge >= 0.3 is 5.97 Å². The first-order chi connectivity index (χ1) is 13.9. The maximum Gasteiger partial charge on any atom is 0.338 e. The monoisotopic (exact) mass is 512 g/mol. The van der Waals surface area contributed by atoms with Crippen molar-refractivity contribution in [3.05, 3.63) is 35.9 Å². The van der Waals surface area contributed by atoms with E-state index < -0.39 is 24.3 Å². The van der Waals surface area contributed by atoms with E-state index in [0.717, 1.165) is 4.43 Å². The lowest BCUT2D eigenvalue weighted by molar-refractivity contribution is -0.368. The number of hydrogen-bond acceptors (Lipinski definition) is 6. The number of ether oxygens (including phenoxy) is 5. The zero-order valence-electron chi connectivity index (χ0n) is 16.5. The Morgan fingerprint density at radius 3 is 2.76 bits per heavy atom. The average molecular weight is 512 g/mol. The molecule has 0 spiro atoms. The lowest BCUT2D eigenvalue weighted by Crippen LogP contribution is -2.63. The summed E-state index contributed by atoms with van der Waals surface area (Å²) in [6.07, 6.45) is 4.07. The molecule has 0 radical (unpaired) electrons. The standard InChI is InChI=1S/C22H25IO6/c1-4-8-15-14(11-23)17-19(28-20(24)13-9-6-5-7-10-13)18-16(27-21(17)26-15)12-25-22(2,3)29-18/h1,5-7,9-10,14-19,21H,8,11-12H2,2-3H3/t14-,15-,16-,17-,18-,19-,21+/m1/s1. The molecule has 3 aliphatic rings. The van der Waals surface area contributed by atoms with Crippen LogP contribution in [0.4, 0.5) is 0 Å². The Morgan fingerprint density at radius 1 is 1.31 bits per heavy atom. The quantitative estimate of drug-likeness (QED) is 0.268. The van der Waals surface area contributed by atoms with Crippen LogP contribution in [0.15, 0.2) is 30.3 Å². The summed E-state index contributed by atoms with van der Waals surface area (Å²) >= 11 is 2.33. The van der Waals surface area contributed by atoms with Crippen LogP contribution in [-0.4, -0.2) is 53.5 Å². The molecule has 1 aromatic rings. The second kappa shape index (κ2) is 8.52. The lowest BCUT2D eigenvalue weighted by Gasteiger charge is -2.49. The molecule has 156 valence electrons. The van der Waals surface area contributed by atoms with Gasteiger partial charge in [-0.25, -0.2) is 4.79 Å². The van der Waals surface area contributed by atoms with Gasteiger partial charge in [0.15, 0.2) is 12.1 Å². The summed E-state index contributed by atoms with van der Waals surface area (Å²) in [5.41, 5.74) is 0.503. The van der Waals surface area contributed by atoms with Crippen molar-refractivity contribution in [2.75, 3.05) is 11.0 Å². The van der Waals surface area contributed by atoms with Crippen molar-refractivity contribution in [3.8, 4) is 12.3 Å². The first-order valence-electron chi connectivity index (χ1n) is 9.81. The topological polar surface area (TPSA) is 63.2 Å². The fourth-order valence-corrected chi connectivity index (χ4v) is 5.52. The Morgan fingerprint density at radius 2 is 2.07 bits per heavy atom. The molecule has 6 nitrogen and oxygen atoms in total. The second-order valence-electron chi connectivity index (χ2n) is 8.05. The third kappa shape index (κ3) is 4.19. The molecule has 0 amide bonds. The van der Waals surface area contributed by atoms with Gasteiger partial charge < -0.3 is 23.7 Å². The van der Waals surface area contributed by atoms with Crippen LogP contribution in [0.1, 0.15) is 30.6 Å². The lowest BCUT2D eigenvalue weighted by atomic mass is 9.80. The van der Waals surface area contributed by atoms with Crippen LogP contribution < -0.4 is 0 Å². The Kier molecular flexibility index (Phi) is 6.19. The molecular weight excluding hydrogens is 487 g/mol. The van der Waals surface area contributed by atoms with E-state index in [4.69, 9.17) is 30.1 Å². The van der Waals surface area contributed by atoms with E-state index in [2.05, 4.69) is 28.5 Å². The molecule has 3 saturated heterocycles. The Hall–Kier alpha value is -1.18. The number of carbonyl (C=O) groups is 1. The summed E-state index contributed by atoms with van der Waals surface area (Å²) in [6, 6.07) is 8.98. The molecule has 1 aromatic carbocycles. The largest absolute Gasteiger partial charge is 0.455 e. The van der Waals surface area contributed by atoms with E-state index in [-0.39, 0.29) is 30.0 Å². The van der Waals surface area contributed by atoms with Crippen LogP contribution in [0, 0.1) is 24.2 Å². The molecule has 0 unspecified atom stereocenters. The predicted molar refractivity (Wildman–Crippen MR) is 113 cm³/mol. The fraction of sp³-hybridized carbons (Fsp3) is 0.591. The number of terminal acetylenes is 1. The molecule has 0 saturated carbocycles. The van der Waals surface area contributed by atoms with Gasteiger partial charge in [-0.2, -0.15) is 0 Å². The number of rotatable bonds is 4. The smallest absolute Gasteiger partial charge is 0.338 e. The van der Waals surface area contributed by atoms with Crippen molar-refractivity contribution in [1.29, 1.82) is 0 Å². The highest BCUT2D eigenvalue weighted by atomic mass is 127. The van der Waals surface area contributed by atoms with Gasteiger partial charge in [-0.3, -0.25) is 0 Å². The summed E-state index contributed by atoms with van der Waals surface area (Å²) in [5, 5.41) is 0. The van der Waals surface area contributed by atoms with Crippen LogP contribution in [-0.2, 0) is 23.7 Å². The summed E-state index contributed by atoms with van der Waals surface area (Å²) < 4.78 is 31.2. The third-order valence-electron chi connectivity index (χ3n) is 5.74. The Balaban J connectivity index is 1.65. The molecule has 0 aromatic heterocycles. The molecule has 4 rings (SSSR count). The van der Waals surface area contributed by atoms with E-state index in [9.17, 15) is 4.79 Å². The molecule has 0 bridgehead atoms. The highest BCUT2D eigenvalue weighted by Gasteiger charge is 2.59. The minimum atomic E-state index is -0.785. The first-order valence-corrected chi connectivity index (χ1v) is 11.3. The van der Waals surface area contributed by atoms with Gasteiger partial charge in [0.25, 0.3) is 0 Å².